The first-order valence-electron chi connectivity index (χ1n) is 12.9. The molecular weight excluding hydrogens is 479 g/mol. The van der Waals surface area contributed by atoms with Gasteiger partial charge in [0.05, 0.1) is 41.0 Å². The van der Waals surface area contributed by atoms with E-state index in [-0.39, 0.29) is 48.2 Å². The average molecular weight is 518 g/mol. The van der Waals surface area contributed by atoms with Crippen molar-refractivity contribution in [2.24, 2.45) is 21.8 Å². The Morgan fingerprint density at radius 2 is 1.35 bits per heavy atom. The predicted octanol–water partition coefficient (Wildman–Crippen LogP) is 5.38. The molecule has 3 rings (SSSR count). The number of nitroso groups, excluding NO2 is 3. The van der Waals surface area contributed by atoms with Gasteiger partial charge in [0.25, 0.3) is 0 Å². The quantitative estimate of drug-likeness (QED) is 0.168. The van der Waals surface area contributed by atoms with Gasteiger partial charge >= 0.3 is 0 Å². The number of hydrogen-bond donors (Lipinski definition) is 0. The molecule has 0 aromatic heterocycles. The zero-order valence-corrected chi connectivity index (χ0v) is 24.2. The number of rotatable bonds is 16. The van der Waals surface area contributed by atoms with E-state index < -0.39 is 0 Å². The van der Waals surface area contributed by atoms with E-state index in [2.05, 4.69) is 15.9 Å². The van der Waals surface area contributed by atoms with Gasteiger partial charge in [0.1, 0.15) is 0 Å². The Morgan fingerprint density at radius 1 is 0.757 bits per heavy atom. The molecule has 0 heterocycles. The topological polar surface area (TPSA) is 98.0 Å². The van der Waals surface area contributed by atoms with Crippen molar-refractivity contribution in [2.45, 2.75) is 63.5 Å². The van der Waals surface area contributed by atoms with Gasteiger partial charge in [-0.2, -0.15) is 0 Å². The minimum Gasteiger partial charge on any atom is -0.262 e. The van der Waals surface area contributed by atoms with Crippen molar-refractivity contribution in [3.8, 4) is 0 Å². The first-order chi connectivity index (χ1) is 17.6. The molecule has 10 heteroatoms. The van der Waals surface area contributed by atoms with Crippen molar-refractivity contribution in [2.75, 3.05) is 26.7 Å². The molecule has 9 nitrogen and oxygen atoms in total. The largest absolute Gasteiger partial charge is 0.262 e. The van der Waals surface area contributed by atoms with Gasteiger partial charge in [-0.05, 0) is 36.3 Å². The smallest absolute Gasteiger partial charge is 0.0735 e. The average Bonchev–Trinajstić information content (AvgIpc) is 2.93. The summed E-state index contributed by atoms with van der Waals surface area (Å²) < 4.78 is 0. The van der Waals surface area contributed by atoms with Gasteiger partial charge in [0, 0.05) is 43.1 Å². The molecule has 1 radical (unpaired) electrons. The third-order valence-corrected chi connectivity index (χ3v) is 7.18. The van der Waals surface area contributed by atoms with Crippen LogP contribution in [0.3, 0.4) is 0 Å². The molecule has 1 saturated carbocycles. The van der Waals surface area contributed by atoms with Gasteiger partial charge in [-0.15, -0.1) is 14.7 Å². The summed E-state index contributed by atoms with van der Waals surface area (Å²) >= 11 is 0. The third-order valence-electron chi connectivity index (χ3n) is 7.18. The van der Waals surface area contributed by atoms with E-state index in [9.17, 15) is 14.7 Å². The molecule has 0 N–H and O–H groups in total. The van der Waals surface area contributed by atoms with Crippen LogP contribution >= 0.6 is 0 Å². The Balaban J connectivity index is 0.00000481. The second kappa shape index (κ2) is 17.2. The van der Waals surface area contributed by atoms with Gasteiger partial charge in [-0.1, -0.05) is 92.8 Å². The number of likely N-dealkylation sites (N-methyl/N-ethyl adjacent to an activating group) is 1. The predicted molar refractivity (Wildman–Crippen MR) is 148 cm³/mol. The van der Waals surface area contributed by atoms with E-state index in [4.69, 9.17) is 0 Å². The maximum Gasteiger partial charge on any atom is 0.0735 e. The molecule has 0 bridgehead atoms. The molecule has 37 heavy (non-hydrogen) atoms. The van der Waals surface area contributed by atoms with Crippen LogP contribution in [0.5, 0.6) is 0 Å². The Morgan fingerprint density at radius 3 is 1.92 bits per heavy atom. The summed E-state index contributed by atoms with van der Waals surface area (Å²) in [5.41, 5.74) is 2.17. The molecule has 195 valence electrons. The summed E-state index contributed by atoms with van der Waals surface area (Å²) in [5, 5.41) is 14.2. The van der Waals surface area contributed by atoms with Crippen LogP contribution in [0.15, 0.2) is 76.5 Å². The molecule has 1 aliphatic rings. The first-order valence-corrected chi connectivity index (χ1v) is 12.9. The van der Waals surface area contributed by atoms with E-state index in [1.807, 2.05) is 60.7 Å². The van der Waals surface area contributed by atoms with Crippen LogP contribution < -0.4 is 0 Å². The van der Waals surface area contributed by atoms with Crippen molar-refractivity contribution >= 4 is 29.6 Å². The minimum absolute atomic E-state index is 0. The molecule has 0 spiro atoms. The molecule has 0 amide bonds. The Labute approximate surface area is 242 Å². The van der Waals surface area contributed by atoms with Crippen LogP contribution in [0.4, 0.5) is 0 Å². The summed E-state index contributed by atoms with van der Waals surface area (Å²) in [5.74, 6) is 0.485. The van der Waals surface area contributed by atoms with E-state index in [0.29, 0.717) is 31.8 Å². The van der Waals surface area contributed by atoms with Crippen LogP contribution in [-0.2, 0) is 12.8 Å². The van der Waals surface area contributed by atoms with Crippen molar-refractivity contribution in [1.29, 1.82) is 0 Å². The summed E-state index contributed by atoms with van der Waals surface area (Å²) in [6, 6.07) is 19.2. The number of nitrogens with zero attached hydrogens (tertiary/aromatic N) is 6. The summed E-state index contributed by atoms with van der Waals surface area (Å²) in [4.78, 5) is 35.3. The SMILES string of the molecule is CN(C[C@H](CC1CCCCC1)N(C[C@H](Cc1ccccc1)N(CCc1ccccc1)N=O)N=O)N=O.[Na]. The molecule has 0 aliphatic heterocycles. The third kappa shape index (κ3) is 10.5. The maximum absolute atomic E-state index is 12.2. The molecule has 2 aromatic rings. The molecule has 2 atom stereocenters. The minimum atomic E-state index is -0.352. The van der Waals surface area contributed by atoms with Crippen LogP contribution in [0.2, 0.25) is 0 Å². The van der Waals surface area contributed by atoms with E-state index >= 15 is 0 Å². The van der Waals surface area contributed by atoms with Crippen LogP contribution in [0.25, 0.3) is 0 Å². The van der Waals surface area contributed by atoms with Crippen LogP contribution in [0, 0.1) is 20.6 Å². The summed E-state index contributed by atoms with van der Waals surface area (Å²) in [6.45, 7) is 0.978. The van der Waals surface area contributed by atoms with Crippen LogP contribution in [-0.4, -0.2) is 83.3 Å². The molecule has 0 saturated heterocycles. The van der Waals surface area contributed by atoms with Gasteiger partial charge in [-0.25, -0.2) is 0 Å². The molecule has 0 unspecified atom stereocenters. The molecular formula is C27H38N6NaO3. The zero-order chi connectivity index (χ0) is 25.6. The van der Waals surface area contributed by atoms with Crippen molar-refractivity contribution in [1.82, 2.24) is 15.0 Å². The number of benzene rings is 2. The summed E-state index contributed by atoms with van der Waals surface area (Å²) in [7, 11) is 1.62. The first kappa shape index (κ1) is 30.9. The van der Waals surface area contributed by atoms with Gasteiger partial charge in [-0.3, -0.25) is 15.0 Å². The van der Waals surface area contributed by atoms with E-state index in [1.54, 1.807) is 7.05 Å². The molecule has 1 aliphatic carbocycles. The molecule has 2 aromatic carbocycles. The monoisotopic (exact) mass is 517 g/mol. The van der Waals surface area contributed by atoms with Gasteiger partial charge in [0.2, 0.25) is 0 Å². The maximum atomic E-state index is 12.2. The Kier molecular flexibility index (Phi) is 14.4. The fourth-order valence-corrected chi connectivity index (χ4v) is 5.23. The normalized spacial score (nSPS) is 15.1. The van der Waals surface area contributed by atoms with Crippen molar-refractivity contribution in [3.05, 3.63) is 86.5 Å². The molecule has 1 fully saturated rings. The summed E-state index contributed by atoms with van der Waals surface area (Å²) in [6.07, 6.45) is 7.83. The fraction of sp³-hybridized carbons (Fsp3) is 0.556. The Hall–Kier alpha value is -2.36. The Bertz CT molecular complexity index is 917. The van der Waals surface area contributed by atoms with Crippen molar-refractivity contribution < 1.29 is 0 Å². The van der Waals surface area contributed by atoms with Crippen molar-refractivity contribution in [3.63, 3.8) is 0 Å². The van der Waals surface area contributed by atoms with E-state index in [1.165, 1.54) is 34.3 Å². The second-order valence-corrected chi connectivity index (χ2v) is 9.84. The van der Waals surface area contributed by atoms with Gasteiger partial charge in [0.15, 0.2) is 0 Å². The van der Waals surface area contributed by atoms with E-state index in [0.717, 1.165) is 30.4 Å². The van der Waals surface area contributed by atoms with Gasteiger partial charge < -0.3 is 0 Å². The number of hydrogen-bond acceptors (Lipinski definition) is 6. The second-order valence-electron chi connectivity index (χ2n) is 9.84. The fourth-order valence-electron chi connectivity index (χ4n) is 5.23. The standard InChI is InChI=1S/C27H38N6O3.Na/c1-31(28-34)21-26(19-24-13-7-3-8-14-24)33(30-36)22-27(20-25-15-9-4-10-16-25)32(29-35)18-17-23-11-5-2-6-12-23;/h2,4-6,9-12,15-16,24,26-27H,3,7-8,13-14,17-22H2,1H3;/t26-,27-;/m0./s1. The van der Waals surface area contributed by atoms with Crippen LogP contribution in [0.1, 0.15) is 49.7 Å². The zero-order valence-electron chi connectivity index (χ0n) is 22.2.